The lowest BCUT2D eigenvalue weighted by Crippen LogP contribution is -2.06. The van der Waals surface area contributed by atoms with Crippen molar-refractivity contribution in [2.45, 2.75) is 20.4 Å². The fraction of sp³-hybridized carbons (Fsp3) is 0.267. The molecule has 0 bridgehead atoms. The highest BCUT2D eigenvalue weighted by Crippen LogP contribution is 2.25. The molecule has 1 aromatic heterocycles. The van der Waals surface area contributed by atoms with Gasteiger partial charge in [-0.1, -0.05) is 12.1 Å². The number of rotatable bonds is 4. The van der Waals surface area contributed by atoms with Crippen molar-refractivity contribution in [1.82, 2.24) is 4.98 Å². The highest BCUT2D eigenvalue weighted by atomic mass is 127. The van der Waals surface area contributed by atoms with Crippen LogP contribution in [-0.2, 0) is 6.54 Å². The van der Waals surface area contributed by atoms with Gasteiger partial charge in [-0.05, 0) is 48.6 Å². The summed E-state index contributed by atoms with van der Waals surface area (Å²) in [6.45, 7) is 4.75. The molecule has 1 heterocycles. The van der Waals surface area contributed by atoms with Crippen LogP contribution in [0.1, 0.15) is 16.8 Å². The molecule has 100 valence electrons. The highest BCUT2D eigenvalue weighted by molar-refractivity contribution is 14.1. The smallest absolute Gasteiger partial charge is 0.128 e. The van der Waals surface area contributed by atoms with Crippen LogP contribution in [0.25, 0.3) is 0 Å². The van der Waals surface area contributed by atoms with Crippen LogP contribution in [0, 0.1) is 17.4 Å². The molecule has 0 saturated carbocycles. The van der Waals surface area contributed by atoms with Crippen molar-refractivity contribution in [3.8, 4) is 5.75 Å². The molecule has 0 fully saturated rings. The van der Waals surface area contributed by atoms with E-state index < -0.39 is 0 Å². The molecular weight excluding hydrogens is 351 g/mol. The zero-order valence-electron chi connectivity index (χ0n) is 11.3. The second kappa shape index (κ2) is 6.23. The summed E-state index contributed by atoms with van der Waals surface area (Å²) in [5, 5.41) is 3.42. The van der Waals surface area contributed by atoms with E-state index in [0.29, 0.717) is 6.54 Å². The molecule has 0 atom stereocenters. The predicted molar refractivity (Wildman–Crippen MR) is 86.7 cm³/mol. The number of hydrogen-bond acceptors (Lipinski definition) is 3. The van der Waals surface area contributed by atoms with Crippen LogP contribution in [0.15, 0.2) is 30.5 Å². The number of para-hydroxylation sites is 1. The van der Waals surface area contributed by atoms with Gasteiger partial charge >= 0.3 is 0 Å². The number of pyridine rings is 1. The van der Waals surface area contributed by atoms with Crippen LogP contribution < -0.4 is 10.1 Å². The van der Waals surface area contributed by atoms with Crippen molar-refractivity contribution >= 4 is 28.3 Å². The van der Waals surface area contributed by atoms with E-state index in [4.69, 9.17) is 4.74 Å². The molecule has 2 aromatic rings. The molecule has 0 aliphatic rings. The van der Waals surface area contributed by atoms with E-state index in [1.807, 2.05) is 32.2 Å². The minimum Gasteiger partial charge on any atom is -0.496 e. The first-order valence-electron chi connectivity index (χ1n) is 6.11. The molecular formula is C15H17IN2O. The Morgan fingerprint density at radius 1 is 1.26 bits per heavy atom. The van der Waals surface area contributed by atoms with E-state index in [1.165, 1.54) is 3.57 Å². The number of aromatic nitrogens is 1. The Morgan fingerprint density at radius 2 is 2.00 bits per heavy atom. The number of aryl methyl sites for hydroxylation is 1. The van der Waals surface area contributed by atoms with Gasteiger partial charge in [-0.2, -0.15) is 0 Å². The first-order valence-corrected chi connectivity index (χ1v) is 7.19. The van der Waals surface area contributed by atoms with Gasteiger partial charge in [0.1, 0.15) is 5.75 Å². The van der Waals surface area contributed by atoms with E-state index in [0.717, 1.165) is 28.3 Å². The Hall–Kier alpha value is -1.30. The fourth-order valence-corrected chi connectivity index (χ4v) is 2.61. The number of nitrogens with zero attached hydrogens (tertiary/aromatic N) is 1. The molecule has 0 radical (unpaired) electrons. The highest BCUT2D eigenvalue weighted by Gasteiger charge is 2.09. The fourth-order valence-electron chi connectivity index (χ4n) is 2.03. The first-order chi connectivity index (χ1) is 9.13. The minimum atomic E-state index is 0.697. The lowest BCUT2D eigenvalue weighted by atomic mass is 10.1. The van der Waals surface area contributed by atoms with Gasteiger partial charge in [0.05, 0.1) is 19.3 Å². The third kappa shape index (κ3) is 3.18. The Balaban J connectivity index is 2.19. The normalized spacial score (nSPS) is 10.3. The maximum atomic E-state index is 5.42. The number of hydrogen-bond donors (Lipinski definition) is 1. The second-order valence-electron chi connectivity index (χ2n) is 4.38. The van der Waals surface area contributed by atoms with Crippen LogP contribution in [0.3, 0.4) is 0 Å². The summed E-state index contributed by atoms with van der Waals surface area (Å²) in [6.07, 6.45) is 1.86. The average molecular weight is 368 g/mol. The van der Waals surface area contributed by atoms with Crippen molar-refractivity contribution in [3.63, 3.8) is 0 Å². The van der Waals surface area contributed by atoms with Gasteiger partial charge in [0, 0.05) is 26.6 Å². The standard InChI is InChI=1S/C15H17IN2O/c1-10-8-17-14(11(2)15(10)19-3)9-18-13-7-5-4-6-12(13)16/h4-8,18H,9H2,1-3H3. The maximum absolute atomic E-state index is 5.42. The van der Waals surface area contributed by atoms with E-state index in [-0.39, 0.29) is 0 Å². The summed E-state index contributed by atoms with van der Waals surface area (Å²) in [5.74, 6) is 0.926. The van der Waals surface area contributed by atoms with Gasteiger partial charge in [0.2, 0.25) is 0 Å². The van der Waals surface area contributed by atoms with Crippen molar-refractivity contribution < 1.29 is 4.74 Å². The molecule has 0 aliphatic heterocycles. The van der Waals surface area contributed by atoms with Crippen LogP contribution in [0.4, 0.5) is 5.69 Å². The van der Waals surface area contributed by atoms with Crippen LogP contribution in [0.5, 0.6) is 5.75 Å². The monoisotopic (exact) mass is 368 g/mol. The lowest BCUT2D eigenvalue weighted by molar-refractivity contribution is 0.407. The number of halogens is 1. The molecule has 19 heavy (non-hydrogen) atoms. The van der Waals surface area contributed by atoms with Gasteiger partial charge in [-0.3, -0.25) is 4.98 Å². The Labute approximate surface area is 127 Å². The van der Waals surface area contributed by atoms with E-state index in [2.05, 4.69) is 45.0 Å². The molecule has 0 unspecified atom stereocenters. The number of nitrogens with one attached hydrogen (secondary N) is 1. The van der Waals surface area contributed by atoms with E-state index in [9.17, 15) is 0 Å². The third-order valence-electron chi connectivity index (χ3n) is 3.07. The predicted octanol–water partition coefficient (Wildman–Crippen LogP) is 3.92. The zero-order valence-corrected chi connectivity index (χ0v) is 13.5. The molecule has 0 saturated heterocycles. The number of ether oxygens (including phenoxy) is 1. The Morgan fingerprint density at radius 3 is 2.68 bits per heavy atom. The number of anilines is 1. The first kappa shape index (κ1) is 14.1. The molecule has 3 nitrogen and oxygen atoms in total. The maximum Gasteiger partial charge on any atom is 0.128 e. The SMILES string of the molecule is COc1c(C)cnc(CNc2ccccc2I)c1C. The zero-order chi connectivity index (χ0) is 13.8. The molecule has 4 heteroatoms. The molecule has 0 spiro atoms. The molecule has 0 aliphatic carbocycles. The molecule has 1 N–H and O–H groups in total. The summed E-state index contributed by atoms with van der Waals surface area (Å²) >= 11 is 2.32. The average Bonchev–Trinajstić information content (AvgIpc) is 2.40. The number of methoxy groups -OCH3 is 1. The van der Waals surface area contributed by atoms with Gasteiger partial charge in [-0.25, -0.2) is 0 Å². The van der Waals surface area contributed by atoms with Crippen LogP contribution >= 0.6 is 22.6 Å². The van der Waals surface area contributed by atoms with E-state index >= 15 is 0 Å². The Kier molecular flexibility index (Phi) is 4.63. The summed E-state index contributed by atoms with van der Waals surface area (Å²) in [4.78, 5) is 4.49. The molecule has 1 aromatic carbocycles. The quantitative estimate of drug-likeness (QED) is 0.831. The lowest BCUT2D eigenvalue weighted by Gasteiger charge is -2.13. The van der Waals surface area contributed by atoms with Gasteiger partial charge < -0.3 is 10.1 Å². The summed E-state index contributed by atoms with van der Waals surface area (Å²) in [5.41, 5.74) is 4.31. The topological polar surface area (TPSA) is 34.1 Å². The Bertz CT molecular complexity index is 584. The largest absolute Gasteiger partial charge is 0.496 e. The van der Waals surface area contributed by atoms with Crippen molar-refractivity contribution in [2.24, 2.45) is 0 Å². The summed E-state index contributed by atoms with van der Waals surface area (Å²) in [6, 6.07) is 8.22. The van der Waals surface area contributed by atoms with Crippen molar-refractivity contribution in [3.05, 3.63) is 50.9 Å². The third-order valence-corrected chi connectivity index (χ3v) is 4.01. The van der Waals surface area contributed by atoms with Gasteiger partial charge in [0.25, 0.3) is 0 Å². The van der Waals surface area contributed by atoms with Crippen molar-refractivity contribution in [2.75, 3.05) is 12.4 Å². The van der Waals surface area contributed by atoms with Gasteiger partial charge in [-0.15, -0.1) is 0 Å². The minimum absolute atomic E-state index is 0.697. The summed E-state index contributed by atoms with van der Waals surface area (Å²) < 4.78 is 6.63. The molecule has 0 amide bonds. The van der Waals surface area contributed by atoms with Crippen LogP contribution in [0.2, 0.25) is 0 Å². The summed E-state index contributed by atoms with van der Waals surface area (Å²) in [7, 11) is 1.70. The van der Waals surface area contributed by atoms with E-state index in [1.54, 1.807) is 7.11 Å². The molecule has 2 rings (SSSR count). The number of benzene rings is 1. The van der Waals surface area contributed by atoms with Crippen molar-refractivity contribution in [1.29, 1.82) is 0 Å². The second-order valence-corrected chi connectivity index (χ2v) is 5.54. The van der Waals surface area contributed by atoms with Crippen LogP contribution in [-0.4, -0.2) is 12.1 Å². The van der Waals surface area contributed by atoms with Gasteiger partial charge in [0.15, 0.2) is 0 Å².